The summed E-state index contributed by atoms with van der Waals surface area (Å²) in [5.74, 6) is -3.28. The van der Waals surface area contributed by atoms with E-state index in [9.17, 15) is 30.4 Å². The molecule has 0 bridgehead atoms. The molecule has 1 aromatic heterocycles. The molecule has 13 heteroatoms. The van der Waals surface area contributed by atoms with Gasteiger partial charge in [0, 0.05) is 50.6 Å². The minimum Gasteiger partial charge on any atom is -0.403 e. The zero-order valence-corrected chi connectivity index (χ0v) is 19.2. The predicted molar refractivity (Wildman–Crippen MR) is 116 cm³/mol. The second-order valence-corrected chi connectivity index (χ2v) is 10.1. The van der Waals surface area contributed by atoms with E-state index in [0.29, 0.717) is 5.56 Å². The van der Waals surface area contributed by atoms with Crippen LogP contribution in [0.2, 0.25) is 0 Å². The van der Waals surface area contributed by atoms with Gasteiger partial charge in [-0.25, -0.2) is 22.2 Å². The van der Waals surface area contributed by atoms with Gasteiger partial charge in [-0.2, -0.15) is 4.31 Å². The van der Waals surface area contributed by atoms with Crippen LogP contribution in [0.1, 0.15) is 11.5 Å². The van der Waals surface area contributed by atoms with Crippen LogP contribution >= 0.6 is 0 Å². The molecule has 2 atom stereocenters. The van der Waals surface area contributed by atoms with Crippen molar-refractivity contribution in [2.45, 2.75) is 17.3 Å². The fourth-order valence-electron chi connectivity index (χ4n) is 4.04. The van der Waals surface area contributed by atoms with E-state index in [4.69, 9.17) is 0 Å². The maximum atomic E-state index is 13.7. The summed E-state index contributed by atoms with van der Waals surface area (Å²) in [6.45, 7) is 0.331. The highest BCUT2D eigenvalue weighted by Crippen LogP contribution is 2.36. The smallest absolute Gasteiger partial charge is 0.403 e. The average molecular weight is 516 g/mol. The lowest BCUT2D eigenvalue weighted by atomic mass is 9.89. The van der Waals surface area contributed by atoms with Crippen LogP contribution in [0.4, 0.5) is 27.6 Å². The summed E-state index contributed by atoms with van der Waals surface area (Å²) >= 11 is 0. The SMILES string of the molecule is Cn1cnc(S(=O)(=O)N2CC(CNc3ccc(F)c(OC(F)(F)F)c3)C(c3ccc(F)cc3)C2)c1. The van der Waals surface area contributed by atoms with Gasteiger partial charge in [0.15, 0.2) is 16.6 Å². The fourth-order valence-corrected chi connectivity index (χ4v) is 5.53. The normalized spacial score (nSPS) is 19.1. The minimum absolute atomic E-state index is 0.0844. The highest BCUT2D eigenvalue weighted by molar-refractivity contribution is 7.89. The molecule has 1 aliphatic heterocycles. The van der Waals surface area contributed by atoms with Crippen molar-refractivity contribution in [1.82, 2.24) is 13.9 Å². The van der Waals surface area contributed by atoms with Crippen molar-refractivity contribution in [2.24, 2.45) is 13.0 Å². The third kappa shape index (κ3) is 5.73. The van der Waals surface area contributed by atoms with Crippen LogP contribution in [0.25, 0.3) is 0 Å². The first-order valence-electron chi connectivity index (χ1n) is 10.4. The molecule has 3 aromatic rings. The van der Waals surface area contributed by atoms with Crippen molar-refractivity contribution in [3.05, 3.63) is 72.2 Å². The van der Waals surface area contributed by atoms with E-state index in [1.165, 1.54) is 39.6 Å². The molecule has 1 N–H and O–H groups in total. The summed E-state index contributed by atoms with van der Waals surface area (Å²) < 4.78 is 97.6. The number of benzene rings is 2. The summed E-state index contributed by atoms with van der Waals surface area (Å²) in [7, 11) is -2.27. The van der Waals surface area contributed by atoms with Crippen LogP contribution < -0.4 is 10.1 Å². The molecule has 188 valence electrons. The second-order valence-electron chi connectivity index (χ2n) is 8.19. The van der Waals surface area contributed by atoms with E-state index in [2.05, 4.69) is 15.0 Å². The number of hydrogen-bond acceptors (Lipinski definition) is 5. The summed E-state index contributed by atoms with van der Waals surface area (Å²) in [4.78, 5) is 3.93. The zero-order chi connectivity index (χ0) is 25.4. The Bertz CT molecular complexity index is 1300. The van der Waals surface area contributed by atoms with E-state index >= 15 is 0 Å². The molecule has 0 spiro atoms. The van der Waals surface area contributed by atoms with E-state index in [-0.39, 0.29) is 42.2 Å². The number of imidazole rings is 1. The molecule has 35 heavy (non-hydrogen) atoms. The maximum Gasteiger partial charge on any atom is 0.573 e. The number of hydrogen-bond donors (Lipinski definition) is 1. The van der Waals surface area contributed by atoms with E-state index in [0.717, 1.165) is 12.1 Å². The minimum atomic E-state index is -5.06. The zero-order valence-electron chi connectivity index (χ0n) is 18.3. The molecule has 4 rings (SSSR count). The first-order chi connectivity index (χ1) is 16.4. The molecule has 1 fully saturated rings. The van der Waals surface area contributed by atoms with Gasteiger partial charge >= 0.3 is 6.36 Å². The third-order valence-electron chi connectivity index (χ3n) is 5.72. The lowest BCUT2D eigenvalue weighted by Gasteiger charge is -2.20. The van der Waals surface area contributed by atoms with Crippen LogP contribution in [-0.2, 0) is 17.1 Å². The quantitative estimate of drug-likeness (QED) is 0.479. The van der Waals surface area contributed by atoms with Gasteiger partial charge in [-0.3, -0.25) is 0 Å². The van der Waals surface area contributed by atoms with Crippen molar-refractivity contribution >= 4 is 15.7 Å². The molecule has 7 nitrogen and oxygen atoms in total. The maximum absolute atomic E-state index is 13.7. The van der Waals surface area contributed by atoms with Gasteiger partial charge in [0.25, 0.3) is 10.0 Å². The summed E-state index contributed by atoms with van der Waals surface area (Å²) in [6, 6.07) is 8.66. The van der Waals surface area contributed by atoms with Gasteiger partial charge < -0.3 is 14.6 Å². The number of alkyl halides is 3. The number of ether oxygens (including phenoxy) is 1. The first-order valence-corrected chi connectivity index (χ1v) is 11.9. The number of sulfonamides is 1. The monoisotopic (exact) mass is 516 g/mol. The van der Waals surface area contributed by atoms with Crippen molar-refractivity contribution < 1.29 is 35.1 Å². The third-order valence-corrected chi connectivity index (χ3v) is 7.43. The number of aryl methyl sites for hydroxylation is 1. The molecule has 2 aromatic carbocycles. The van der Waals surface area contributed by atoms with Crippen LogP contribution in [0.15, 0.2) is 60.0 Å². The number of halogens is 5. The number of anilines is 1. The number of rotatable bonds is 7. The number of nitrogens with zero attached hydrogens (tertiary/aromatic N) is 3. The summed E-state index contributed by atoms with van der Waals surface area (Å²) in [5.41, 5.74) is 0.867. The Morgan fingerprint density at radius 1 is 1.11 bits per heavy atom. The van der Waals surface area contributed by atoms with Crippen LogP contribution in [-0.4, -0.2) is 48.3 Å². The largest absolute Gasteiger partial charge is 0.573 e. The van der Waals surface area contributed by atoms with Gasteiger partial charge in [0.05, 0.1) is 6.33 Å². The van der Waals surface area contributed by atoms with Gasteiger partial charge in [0.1, 0.15) is 5.82 Å². The Morgan fingerprint density at radius 2 is 1.83 bits per heavy atom. The lowest BCUT2D eigenvalue weighted by molar-refractivity contribution is -0.275. The van der Waals surface area contributed by atoms with Crippen molar-refractivity contribution in [3.63, 3.8) is 0 Å². The fraction of sp³-hybridized carbons (Fsp3) is 0.318. The molecule has 2 unspecified atom stereocenters. The van der Waals surface area contributed by atoms with Gasteiger partial charge in [0.2, 0.25) is 0 Å². The first kappa shape index (κ1) is 24.9. The Labute approximate surface area is 198 Å². The topological polar surface area (TPSA) is 76.5 Å². The van der Waals surface area contributed by atoms with Crippen LogP contribution in [0.3, 0.4) is 0 Å². The van der Waals surface area contributed by atoms with E-state index < -0.39 is 33.8 Å². The van der Waals surface area contributed by atoms with Gasteiger partial charge in [-0.05, 0) is 35.7 Å². The van der Waals surface area contributed by atoms with Crippen LogP contribution in [0, 0.1) is 17.6 Å². The highest BCUT2D eigenvalue weighted by Gasteiger charge is 2.41. The second kappa shape index (κ2) is 9.46. The molecule has 0 amide bonds. The Morgan fingerprint density at radius 3 is 2.46 bits per heavy atom. The van der Waals surface area contributed by atoms with Crippen LogP contribution in [0.5, 0.6) is 5.75 Å². The molecule has 1 aliphatic rings. The molecule has 2 heterocycles. The number of aromatic nitrogens is 2. The van der Waals surface area contributed by atoms with Crippen molar-refractivity contribution in [3.8, 4) is 5.75 Å². The standard InChI is InChI=1S/C22H21F5N4O3S/c1-30-12-21(29-13-30)35(32,33)31-10-15(18(11-31)14-2-4-16(23)5-3-14)9-28-17-6-7-19(24)20(8-17)34-22(25,26)27/h2-8,12-13,15,18,28H,9-11H2,1H3. The highest BCUT2D eigenvalue weighted by atomic mass is 32.2. The van der Waals surface area contributed by atoms with E-state index in [1.54, 1.807) is 19.2 Å². The lowest BCUT2D eigenvalue weighted by Crippen LogP contribution is -2.30. The molecule has 0 radical (unpaired) electrons. The average Bonchev–Trinajstić information content (AvgIpc) is 3.41. The molecular formula is C22H21F5N4O3S. The van der Waals surface area contributed by atoms with Crippen molar-refractivity contribution in [1.29, 1.82) is 0 Å². The predicted octanol–water partition coefficient (Wildman–Crippen LogP) is 4.11. The number of nitrogens with one attached hydrogen (secondary N) is 1. The molecule has 0 aliphatic carbocycles. The summed E-state index contributed by atoms with van der Waals surface area (Å²) in [6.07, 6.45) is -2.30. The summed E-state index contributed by atoms with van der Waals surface area (Å²) in [5, 5.41) is 2.83. The molecule has 0 saturated carbocycles. The van der Waals surface area contributed by atoms with Gasteiger partial charge in [-0.1, -0.05) is 12.1 Å². The Hall–Kier alpha value is -3.19. The van der Waals surface area contributed by atoms with Gasteiger partial charge in [-0.15, -0.1) is 13.2 Å². The Balaban J connectivity index is 1.56. The van der Waals surface area contributed by atoms with E-state index in [1.807, 2.05) is 0 Å². The Kier molecular flexibility index (Phi) is 6.73. The molecular weight excluding hydrogens is 495 g/mol. The molecule has 1 saturated heterocycles. The van der Waals surface area contributed by atoms with Crippen molar-refractivity contribution in [2.75, 3.05) is 25.0 Å².